The standard InChI is InChI=1S/C17H14N4O/c1-22-16-8-6-13(7-9-16)17-11-19-20-21(17)12-15-5-3-2-4-14(15)10-18/h2-9,11H,12H2,1H3. The molecule has 5 nitrogen and oxygen atoms in total. The van der Waals surface area contributed by atoms with E-state index in [9.17, 15) is 5.26 Å². The second-order valence-corrected chi connectivity index (χ2v) is 4.77. The molecule has 1 heterocycles. The van der Waals surface area contributed by atoms with Crippen LogP contribution in [0.25, 0.3) is 11.3 Å². The van der Waals surface area contributed by atoms with Gasteiger partial charge >= 0.3 is 0 Å². The van der Waals surface area contributed by atoms with Gasteiger partial charge in [-0.2, -0.15) is 5.26 Å². The zero-order chi connectivity index (χ0) is 15.4. The van der Waals surface area contributed by atoms with Gasteiger partial charge in [-0.25, -0.2) is 4.68 Å². The predicted octanol–water partition coefficient (Wildman–Crippen LogP) is 2.87. The molecule has 0 bridgehead atoms. The Bertz CT molecular complexity index is 815. The quantitative estimate of drug-likeness (QED) is 0.741. The Morgan fingerprint density at radius 2 is 1.91 bits per heavy atom. The molecule has 0 atom stereocenters. The van der Waals surface area contributed by atoms with Gasteiger partial charge in [0.05, 0.1) is 37.2 Å². The smallest absolute Gasteiger partial charge is 0.118 e. The summed E-state index contributed by atoms with van der Waals surface area (Å²) >= 11 is 0. The lowest BCUT2D eigenvalue weighted by molar-refractivity contribution is 0.415. The van der Waals surface area contributed by atoms with Crippen molar-refractivity contribution in [3.05, 3.63) is 65.9 Å². The zero-order valence-corrected chi connectivity index (χ0v) is 12.1. The van der Waals surface area contributed by atoms with Crippen LogP contribution in [-0.2, 0) is 6.54 Å². The van der Waals surface area contributed by atoms with E-state index in [2.05, 4.69) is 16.4 Å². The van der Waals surface area contributed by atoms with Crippen LogP contribution in [-0.4, -0.2) is 22.1 Å². The van der Waals surface area contributed by atoms with Crippen LogP contribution >= 0.6 is 0 Å². The third-order valence-corrected chi connectivity index (χ3v) is 3.46. The molecule has 0 spiro atoms. The fraction of sp³-hybridized carbons (Fsp3) is 0.118. The molecule has 108 valence electrons. The molecule has 1 aromatic heterocycles. The SMILES string of the molecule is COc1ccc(-c2cnnn2Cc2ccccc2C#N)cc1. The molecule has 2 aromatic carbocycles. The van der Waals surface area contributed by atoms with Crippen molar-refractivity contribution in [2.75, 3.05) is 7.11 Å². The summed E-state index contributed by atoms with van der Waals surface area (Å²) in [5, 5.41) is 17.3. The third kappa shape index (κ3) is 2.67. The van der Waals surface area contributed by atoms with Crippen LogP contribution in [0.5, 0.6) is 5.75 Å². The summed E-state index contributed by atoms with van der Waals surface area (Å²) < 4.78 is 6.96. The van der Waals surface area contributed by atoms with E-state index in [1.165, 1.54) is 0 Å². The van der Waals surface area contributed by atoms with Crippen molar-refractivity contribution in [1.29, 1.82) is 5.26 Å². The van der Waals surface area contributed by atoms with E-state index < -0.39 is 0 Å². The normalized spacial score (nSPS) is 10.2. The minimum absolute atomic E-state index is 0.505. The lowest BCUT2D eigenvalue weighted by Gasteiger charge is -2.08. The maximum absolute atomic E-state index is 9.18. The minimum Gasteiger partial charge on any atom is -0.497 e. The fourth-order valence-corrected chi connectivity index (χ4v) is 2.29. The van der Waals surface area contributed by atoms with E-state index in [4.69, 9.17) is 4.74 Å². The summed E-state index contributed by atoms with van der Waals surface area (Å²) in [6, 6.07) is 17.4. The molecule has 0 unspecified atom stereocenters. The van der Waals surface area contributed by atoms with Crippen molar-refractivity contribution >= 4 is 0 Å². The van der Waals surface area contributed by atoms with Crippen LogP contribution in [0.15, 0.2) is 54.7 Å². The molecular formula is C17H14N4O. The minimum atomic E-state index is 0.505. The molecule has 0 fully saturated rings. The maximum Gasteiger partial charge on any atom is 0.118 e. The van der Waals surface area contributed by atoms with Gasteiger partial charge in [0, 0.05) is 5.56 Å². The molecule has 0 aliphatic rings. The maximum atomic E-state index is 9.18. The second-order valence-electron chi connectivity index (χ2n) is 4.77. The number of hydrogen-bond donors (Lipinski definition) is 0. The van der Waals surface area contributed by atoms with E-state index in [0.29, 0.717) is 12.1 Å². The van der Waals surface area contributed by atoms with E-state index in [1.54, 1.807) is 24.1 Å². The molecule has 0 N–H and O–H groups in total. The molecular weight excluding hydrogens is 276 g/mol. The molecule has 0 aliphatic carbocycles. The number of ether oxygens (including phenoxy) is 1. The zero-order valence-electron chi connectivity index (χ0n) is 12.1. The number of nitrogens with zero attached hydrogens (tertiary/aromatic N) is 4. The summed E-state index contributed by atoms with van der Waals surface area (Å²) in [5.41, 5.74) is 3.47. The number of hydrogen-bond acceptors (Lipinski definition) is 4. The van der Waals surface area contributed by atoms with Gasteiger partial charge in [-0.1, -0.05) is 23.4 Å². The van der Waals surface area contributed by atoms with Gasteiger partial charge in [-0.15, -0.1) is 5.10 Å². The summed E-state index contributed by atoms with van der Waals surface area (Å²) in [6.07, 6.45) is 1.72. The Hall–Kier alpha value is -3.13. The lowest BCUT2D eigenvalue weighted by atomic mass is 10.1. The second kappa shape index (κ2) is 6.10. The van der Waals surface area contributed by atoms with Gasteiger partial charge in [0.1, 0.15) is 5.75 Å². The third-order valence-electron chi connectivity index (χ3n) is 3.46. The summed E-state index contributed by atoms with van der Waals surface area (Å²) in [4.78, 5) is 0. The lowest BCUT2D eigenvalue weighted by Crippen LogP contribution is -2.05. The average molecular weight is 290 g/mol. The number of benzene rings is 2. The fourth-order valence-electron chi connectivity index (χ4n) is 2.29. The molecule has 3 aromatic rings. The highest BCUT2D eigenvalue weighted by molar-refractivity contribution is 5.59. The average Bonchev–Trinajstić information content (AvgIpc) is 3.03. The Morgan fingerprint density at radius 1 is 1.14 bits per heavy atom. The number of rotatable bonds is 4. The molecule has 3 rings (SSSR count). The van der Waals surface area contributed by atoms with Crippen molar-refractivity contribution in [3.8, 4) is 23.1 Å². The van der Waals surface area contributed by atoms with Crippen LogP contribution in [0, 0.1) is 11.3 Å². The molecule has 0 saturated heterocycles. The molecule has 22 heavy (non-hydrogen) atoms. The summed E-state index contributed by atoms with van der Waals surface area (Å²) in [6.45, 7) is 0.505. The molecule has 5 heteroatoms. The van der Waals surface area contributed by atoms with Gasteiger partial charge < -0.3 is 4.74 Å². The summed E-state index contributed by atoms with van der Waals surface area (Å²) in [5.74, 6) is 0.803. The Kier molecular flexibility index (Phi) is 3.84. The topological polar surface area (TPSA) is 63.7 Å². The largest absolute Gasteiger partial charge is 0.497 e. The van der Waals surface area contributed by atoms with Crippen LogP contribution in [0.2, 0.25) is 0 Å². The van der Waals surface area contributed by atoms with Crippen LogP contribution in [0.4, 0.5) is 0 Å². The number of nitriles is 1. The van der Waals surface area contributed by atoms with Gasteiger partial charge in [0.2, 0.25) is 0 Å². The van der Waals surface area contributed by atoms with Gasteiger partial charge in [0.15, 0.2) is 0 Å². The van der Waals surface area contributed by atoms with Crippen LogP contribution in [0.3, 0.4) is 0 Å². The highest BCUT2D eigenvalue weighted by Crippen LogP contribution is 2.22. The first kappa shape index (κ1) is 13.8. The predicted molar refractivity (Wildman–Crippen MR) is 82.3 cm³/mol. The van der Waals surface area contributed by atoms with Gasteiger partial charge in [-0.3, -0.25) is 0 Å². The number of methoxy groups -OCH3 is 1. The highest BCUT2D eigenvalue weighted by atomic mass is 16.5. The van der Waals surface area contributed by atoms with E-state index in [0.717, 1.165) is 22.6 Å². The van der Waals surface area contributed by atoms with Crippen LogP contribution < -0.4 is 4.74 Å². The first-order chi connectivity index (χ1) is 10.8. The Balaban J connectivity index is 1.93. The van der Waals surface area contributed by atoms with E-state index >= 15 is 0 Å². The van der Waals surface area contributed by atoms with Crippen molar-refractivity contribution < 1.29 is 4.74 Å². The van der Waals surface area contributed by atoms with Crippen LogP contribution in [0.1, 0.15) is 11.1 Å². The number of aromatic nitrogens is 3. The van der Waals surface area contributed by atoms with Crippen molar-refractivity contribution in [2.24, 2.45) is 0 Å². The Morgan fingerprint density at radius 3 is 2.64 bits per heavy atom. The first-order valence-corrected chi connectivity index (χ1v) is 6.82. The van der Waals surface area contributed by atoms with Gasteiger partial charge in [-0.05, 0) is 35.9 Å². The van der Waals surface area contributed by atoms with Crippen molar-refractivity contribution in [1.82, 2.24) is 15.0 Å². The van der Waals surface area contributed by atoms with Gasteiger partial charge in [0.25, 0.3) is 0 Å². The molecule has 0 radical (unpaired) electrons. The molecule has 0 amide bonds. The highest BCUT2D eigenvalue weighted by Gasteiger charge is 2.09. The van der Waals surface area contributed by atoms with E-state index in [1.807, 2.05) is 42.5 Å². The monoisotopic (exact) mass is 290 g/mol. The molecule has 0 saturated carbocycles. The Labute approximate surface area is 128 Å². The van der Waals surface area contributed by atoms with Crippen molar-refractivity contribution in [2.45, 2.75) is 6.54 Å². The molecule has 0 aliphatic heterocycles. The van der Waals surface area contributed by atoms with Crippen molar-refractivity contribution in [3.63, 3.8) is 0 Å². The van der Waals surface area contributed by atoms with E-state index in [-0.39, 0.29) is 0 Å². The summed E-state index contributed by atoms with van der Waals surface area (Å²) in [7, 11) is 1.64. The first-order valence-electron chi connectivity index (χ1n) is 6.82.